The Morgan fingerprint density at radius 2 is 2.20 bits per heavy atom. The van der Waals surface area contributed by atoms with Gasteiger partial charge in [0.1, 0.15) is 11.9 Å². The van der Waals surface area contributed by atoms with E-state index in [4.69, 9.17) is 9.26 Å². The van der Waals surface area contributed by atoms with E-state index in [1.807, 2.05) is 6.92 Å². The number of H-pyrrole nitrogens is 1. The topological polar surface area (TPSA) is 110 Å². The minimum Gasteiger partial charge on any atom is -0.366 e. The summed E-state index contributed by atoms with van der Waals surface area (Å²) in [6.07, 6.45) is 3.60. The van der Waals surface area contributed by atoms with Gasteiger partial charge in [-0.25, -0.2) is 4.98 Å². The van der Waals surface area contributed by atoms with Gasteiger partial charge in [-0.2, -0.15) is 10.1 Å². The van der Waals surface area contributed by atoms with Crippen LogP contribution in [0.2, 0.25) is 0 Å². The molecule has 1 aliphatic heterocycles. The van der Waals surface area contributed by atoms with Gasteiger partial charge >= 0.3 is 0 Å². The van der Waals surface area contributed by atoms with Gasteiger partial charge in [0.15, 0.2) is 11.6 Å². The Labute approximate surface area is 145 Å². The number of rotatable bonds is 6. The number of amides is 1. The molecule has 4 rings (SSSR count). The van der Waals surface area contributed by atoms with Crippen molar-refractivity contribution in [2.75, 3.05) is 19.7 Å². The third-order valence-corrected chi connectivity index (χ3v) is 4.57. The number of carbonyl (C=O) groups is 1. The van der Waals surface area contributed by atoms with E-state index >= 15 is 0 Å². The molecule has 0 aromatic carbocycles. The van der Waals surface area contributed by atoms with Crippen LogP contribution in [-0.2, 0) is 22.4 Å². The Hall–Kier alpha value is -2.29. The number of hydrogen-bond donors (Lipinski definition) is 1. The number of aromatic nitrogens is 5. The molecule has 0 radical (unpaired) electrons. The van der Waals surface area contributed by atoms with Crippen LogP contribution in [0.1, 0.15) is 61.6 Å². The fourth-order valence-corrected chi connectivity index (χ4v) is 2.89. The zero-order valence-electron chi connectivity index (χ0n) is 14.3. The first kappa shape index (κ1) is 16.2. The summed E-state index contributed by atoms with van der Waals surface area (Å²) >= 11 is 0. The number of carbonyl (C=O) groups excluding carboxylic acids is 1. The van der Waals surface area contributed by atoms with E-state index in [1.54, 1.807) is 4.90 Å². The molecular formula is C16H22N6O3. The first-order valence-electron chi connectivity index (χ1n) is 8.86. The molecule has 9 nitrogen and oxygen atoms in total. The summed E-state index contributed by atoms with van der Waals surface area (Å²) in [5.41, 5.74) is 0. The molecule has 2 fully saturated rings. The lowest BCUT2D eigenvalue weighted by atomic mass is 10.2. The second-order valence-electron chi connectivity index (χ2n) is 6.51. The molecule has 1 amide bonds. The van der Waals surface area contributed by atoms with Crippen molar-refractivity contribution in [3.63, 3.8) is 0 Å². The van der Waals surface area contributed by atoms with Gasteiger partial charge in [0, 0.05) is 31.7 Å². The Morgan fingerprint density at radius 1 is 1.32 bits per heavy atom. The third kappa shape index (κ3) is 3.71. The zero-order chi connectivity index (χ0) is 17.2. The maximum absolute atomic E-state index is 12.5. The highest BCUT2D eigenvalue weighted by molar-refractivity contribution is 5.76. The number of ether oxygens (including phenoxy) is 1. The van der Waals surface area contributed by atoms with Crippen LogP contribution in [0, 0.1) is 0 Å². The summed E-state index contributed by atoms with van der Waals surface area (Å²) in [6, 6.07) is 0. The van der Waals surface area contributed by atoms with Gasteiger partial charge in [0.2, 0.25) is 11.8 Å². The van der Waals surface area contributed by atoms with Crippen LogP contribution in [0.25, 0.3) is 0 Å². The van der Waals surface area contributed by atoms with E-state index in [0.717, 1.165) is 30.9 Å². The van der Waals surface area contributed by atoms with Crippen molar-refractivity contribution in [3.8, 4) is 0 Å². The third-order valence-electron chi connectivity index (χ3n) is 4.57. The second-order valence-corrected chi connectivity index (χ2v) is 6.51. The Bertz CT molecular complexity index is 738. The molecule has 1 aliphatic carbocycles. The number of morpholine rings is 1. The molecule has 2 aliphatic rings. The predicted octanol–water partition coefficient (Wildman–Crippen LogP) is 1.16. The molecule has 3 heterocycles. The van der Waals surface area contributed by atoms with Crippen LogP contribution >= 0.6 is 0 Å². The lowest BCUT2D eigenvalue weighted by Gasteiger charge is -2.31. The Kier molecular flexibility index (Phi) is 4.48. The van der Waals surface area contributed by atoms with E-state index in [0.29, 0.717) is 50.2 Å². The quantitative estimate of drug-likeness (QED) is 0.835. The molecular weight excluding hydrogens is 324 g/mol. The van der Waals surface area contributed by atoms with E-state index in [1.165, 1.54) is 0 Å². The summed E-state index contributed by atoms with van der Waals surface area (Å²) < 4.78 is 11.0. The number of nitrogens with zero attached hydrogens (tertiary/aromatic N) is 5. The van der Waals surface area contributed by atoms with Crippen molar-refractivity contribution < 1.29 is 14.1 Å². The Balaban J connectivity index is 1.31. The molecule has 0 bridgehead atoms. The van der Waals surface area contributed by atoms with E-state index in [9.17, 15) is 4.79 Å². The SMILES string of the molecule is CCc1nc(C2CN(C(=O)CCc3nc(C4CC4)no3)CCO2)n[nH]1. The minimum absolute atomic E-state index is 0.0609. The molecule has 2 aromatic heterocycles. The molecule has 1 unspecified atom stereocenters. The first-order chi connectivity index (χ1) is 12.2. The number of aromatic amines is 1. The van der Waals surface area contributed by atoms with Gasteiger partial charge in [-0.3, -0.25) is 9.89 Å². The molecule has 1 saturated carbocycles. The van der Waals surface area contributed by atoms with Crippen molar-refractivity contribution in [1.82, 2.24) is 30.2 Å². The van der Waals surface area contributed by atoms with Crippen LogP contribution in [0.3, 0.4) is 0 Å². The lowest BCUT2D eigenvalue weighted by molar-refractivity contribution is -0.139. The zero-order valence-corrected chi connectivity index (χ0v) is 14.3. The van der Waals surface area contributed by atoms with Crippen molar-refractivity contribution in [3.05, 3.63) is 23.4 Å². The van der Waals surface area contributed by atoms with Crippen molar-refractivity contribution >= 4 is 5.91 Å². The van der Waals surface area contributed by atoms with Gasteiger partial charge < -0.3 is 14.2 Å². The monoisotopic (exact) mass is 346 g/mol. The fraction of sp³-hybridized carbons (Fsp3) is 0.688. The summed E-state index contributed by atoms with van der Waals surface area (Å²) in [4.78, 5) is 23.1. The average Bonchev–Trinajstić information content (AvgIpc) is 3.20. The van der Waals surface area contributed by atoms with Crippen LogP contribution in [-0.4, -0.2) is 55.8 Å². The molecule has 25 heavy (non-hydrogen) atoms. The van der Waals surface area contributed by atoms with E-state index < -0.39 is 0 Å². The normalized spacial score (nSPS) is 20.8. The Morgan fingerprint density at radius 3 is 2.96 bits per heavy atom. The summed E-state index contributed by atoms with van der Waals surface area (Å²) in [7, 11) is 0. The maximum atomic E-state index is 12.5. The molecule has 1 atom stereocenters. The number of hydrogen-bond acceptors (Lipinski definition) is 7. The average molecular weight is 346 g/mol. The summed E-state index contributed by atoms with van der Waals surface area (Å²) in [5.74, 6) is 3.28. The maximum Gasteiger partial charge on any atom is 0.227 e. The van der Waals surface area contributed by atoms with Gasteiger partial charge in [-0.1, -0.05) is 12.1 Å². The summed E-state index contributed by atoms with van der Waals surface area (Å²) in [6.45, 7) is 3.54. The molecule has 0 spiro atoms. The van der Waals surface area contributed by atoms with Gasteiger partial charge in [0.25, 0.3) is 0 Å². The minimum atomic E-state index is -0.279. The van der Waals surface area contributed by atoms with Crippen molar-refractivity contribution in [2.45, 2.75) is 51.0 Å². The van der Waals surface area contributed by atoms with Crippen molar-refractivity contribution in [2.24, 2.45) is 0 Å². The van der Waals surface area contributed by atoms with Crippen LogP contribution in [0.15, 0.2) is 4.52 Å². The van der Waals surface area contributed by atoms with Crippen molar-refractivity contribution in [1.29, 1.82) is 0 Å². The van der Waals surface area contributed by atoms with Crippen LogP contribution in [0.5, 0.6) is 0 Å². The standard InChI is InChI=1S/C16H22N6O3/c1-2-12-17-16(20-19-12)11-9-22(7-8-24-11)14(23)6-5-13-18-15(21-25-13)10-3-4-10/h10-11H,2-9H2,1H3,(H,17,19,20). The predicted molar refractivity (Wildman–Crippen MR) is 85.6 cm³/mol. The van der Waals surface area contributed by atoms with Crippen LogP contribution in [0.4, 0.5) is 0 Å². The van der Waals surface area contributed by atoms with Gasteiger partial charge in [-0.05, 0) is 12.8 Å². The number of nitrogens with one attached hydrogen (secondary N) is 1. The largest absolute Gasteiger partial charge is 0.366 e. The van der Waals surface area contributed by atoms with Gasteiger partial charge in [-0.15, -0.1) is 0 Å². The highest BCUT2D eigenvalue weighted by Crippen LogP contribution is 2.38. The van der Waals surface area contributed by atoms with E-state index in [-0.39, 0.29) is 12.0 Å². The molecule has 1 saturated heterocycles. The lowest BCUT2D eigenvalue weighted by Crippen LogP contribution is -2.42. The molecule has 1 N–H and O–H groups in total. The molecule has 2 aromatic rings. The van der Waals surface area contributed by atoms with Gasteiger partial charge in [0.05, 0.1) is 13.2 Å². The van der Waals surface area contributed by atoms with Crippen LogP contribution < -0.4 is 0 Å². The number of aryl methyl sites for hydroxylation is 2. The molecule has 9 heteroatoms. The molecule has 134 valence electrons. The second kappa shape index (κ2) is 6.91. The summed E-state index contributed by atoms with van der Waals surface area (Å²) in [5, 5.41) is 11.1. The smallest absolute Gasteiger partial charge is 0.227 e. The first-order valence-corrected chi connectivity index (χ1v) is 8.86. The highest BCUT2D eigenvalue weighted by atomic mass is 16.5. The fourth-order valence-electron chi connectivity index (χ4n) is 2.89. The van der Waals surface area contributed by atoms with E-state index in [2.05, 4.69) is 25.3 Å². The highest BCUT2D eigenvalue weighted by Gasteiger charge is 2.30.